The van der Waals surface area contributed by atoms with Gasteiger partial charge in [0.15, 0.2) is 0 Å². The highest BCUT2D eigenvalue weighted by molar-refractivity contribution is 5.73. The Bertz CT molecular complexity index is 959. The van der Waals surface area contributed by atoms with Crippen LogP contribution >= 0.6 is 0 Å². The maximum Gasteiger partial charge on any atom is 0.353 e. The predicted octanol–water partition coefficient (Wildman–Crippen LogP) is 5.00. The van der Waals surface area contributed by atoms with Gasteiger partial charge in [-0.3, -0.25) is 10.1 Å². The van der Waals surface area contributed by atoms with Crippen LogP contribution in [-0.4, -0.2) is 14.9 Å². The van der Waals surface area contributed by atoms with Gasteiger partial charge >= 0.3 is 5.69 Å². The molecule has 0 aliphatic heterocycles. The predicted molar refractivity (Wildman–Crippen MR) is 106 cm³/mol. The van der Waals surface area contributed by atoms with E-state index in [0.717, 1.165) is 5.56 Å². The maximum absolute atomic E-state index is 13.0. The molecule has 0 aliphatic carbocycles. The van der Waals surface area contributed by atoms with Crippen LogP contribution in [0.15, 0.2) is 54.9 Å². The molecule has 0 amide bonds. The average Bonchev–Trinajstić information content (AvgIpc) is 2.68. The third-order valence-corrected chi connectivity index (χ3v) is 4.22. The fourth-order valence-corrected chi connectivity index (χ4v) is 2.65. The van der Waals surface area contributed by atoms with E-state index >= 15 is 0 Å². The quantitative estimate of drug-likeness (QED) is 0.442. The van der Waals surface area contributed by atoms with Gasteiger partial charge in [0.2, 0.25) is 11.6 Å². The van der Waals surface area contributed by atoms with Crippen LogP contribution in [0.3, 0.4) is 0 Å². The SMILES string of the molecule is CC(C)c1ccc(Nc2ncnc(NCc3ccc(F)cc3)c2[N+](=O)[O-])cc1. The normalized spacial score (nSPS) is 10.7. The number of benzene rings is 2. The van der Waals surface area contributed by atoms with Gasteiger partial charge in [-0.2, -0.15) is 0 Å². The number of nitro groups is 1. The fourth-order valence-electron chi connectivity index (χ4n) is 2.65. The smallest absolute Gasteiger partial charge is 0.353 e. The minimum absolute atomic E-state index is 0.0885. The van der Waals surface area contributed by atoms with Crippen LogP contribution in [0.25, 0.3) is 0 Å². The Hall–Kier alpha value is -3.55. The van der Waals surface area contributed by atoms with Crippen LogP contribution < -0.4 is 10.6 Å². The van der Waals surface area contributed by atoms with Crippen molar-refractivity contribution in [2.24, 2.45) is 0 Å². The molecule has 3 rings (SSSR count). The second-order valence-corrected chi connectivity index (χ2v) is 6.56. The molecule has 0 spiro atoms. The summed E-state index contributed by atoms with van der Waals surface area (Å²) in [5.74, 6) is 0.237. The van der Waals surface area contributed by atoms with Crippen LogP contribution in [0.1, 0.15) is 30.9 Å². The lowest BCUT2D eigenvalue weighted by molar-refractivity contribution is -0.383. The summed E-state index contributed by atoms with van der Waals surface area (Å²) in [6.07, 6.45) is 1.25. The molecule has 0 atom stereocenters. The highest BCUT2D eigenvalue weighted by atomic mass is 19.1. The molecule has 1 aromatic heterocycles. The average molecular weight is 381 g/mol. The highest BCUT2D eigenvalue weighted by Gasteiger charge is 2.23. The minimum atomic E-state index is -0.530. The van der Waals surface area contributed by atoms with Crippen molar-refractivity contribution in [3.63, 3.8) is 0 Å². The molecular formula is C20H20FN5O2. The molecule has 3 aromatic rings. The first-order valence-corrected chi connectivity index (χ1v) is 8.78. The van der Waals surface area contributed by atoms with Gasteiger partial charge in [-0.1, -0.05) is 38.1 Å². The third-order valence-electron chi connectivity index (χ3n) is 4.22. The van der Waals surface area contributed by atoms with E-state index in [4.69, 9.17) is 0 Å². The number of anilines is 3. The second kappa shape index (κ2) is 8.43. The number of halogens is 1. The van der Waals surface area contributed by atoms with Crippen LogP contribution in [0.4, 0.5) is 27.4 Å². The van der Waals surface area contributed by atoms with E-state index in [1.54, 1.807) is 12.1 Å². The zero-order valence-corrected chi connectivity index (χ0v) is 15.5. The summed E-state index contributed by atoms with van der Waals surface area (Å²) in [4.78, 5) is 19.1. The van der Waals surface area contributed by atoms with Crippen molar-refractivity contribution < 1.29 is 9.31 Å². The van der Waals surface area contributed by atoms with Gasteiger partial charge in [0.05, 0.1) is 4.92 Å². The summed E-state index contributed by atoms with van der Waals surface area (Å²) in [7, 11) is 0. The van der Waals surface area contributed by atoms with Crippen molar-refractivity contribution in [2.45, 2.75) is 26.3 Å². The maximum atomic E-state index is 13.0. The van der Waals surface area contributed by atoms with Crippen LogP contribution in [-0.2, 0) is 6.54 Å². The van der Waals surface area contributed by atoms with Crippen LogP contribution in [0.2, 0.25) is 0 Å². The van der Waals surface area contributed by atoms with Crippen molar-refractivity contribution >= 4 is 23.0 Å². The van der Waals surface area contributed by atoms with Gasteiger partial charge in [-0.15, -0.1) is 0 Å². The molecule has 2 aromatic carbocycles. The molecule has 0 unspecified atom stereocenters. The summed E-state index contributed by atoms with van der Waals surface area (Å²) in [6.45, 7) is 4.45. The first-order chi connectivity index (χ1) is 13.4. The first kappa shape index (κ1) is 19.2. The molecule has 144 valence electrons. The summed E-state index contributed by atoms with van der Waals surface area (Å²) in [6, 6.07) is 13.5. The highest BCUT2D eigenvalue weighted by Crippen LogP contribution is 2.31. The van der Waals surface area contributed by atoms with Crippen LogP contribution in [0, 0.1) is 15.9 Å². The zero-order chi connectivity index (χ0) is 20.1. The van der Waals surface area contributed by atoms with E-state index < -0.39 is 4.92 Å². The molecule has 28 heavy (non-hydrogen) atoms. The third kappa shape index (κ3) is 4.59. The number of hydrogen-bond donors (Lipinski definition) is 2. The largest absolute Gasteiger partial charge is 0.360 e. The minimum Gasteiger partial charge on any atom is -0.360 e. The molecule has 0 fully saturated rings. The summed E-state index contributed by atoms with van der Waals surface area (Å²) < 4.78 is 13.0. The number of rotatable bonds is 7. The van der Waals surface area contributed by atoms with Gasteiger partial charge < -0.3 is 10.6 Å². The second-order valence-electron chi connectivity index (χ2n) is 6.56. The van der Waals surface area contributed by atoms with E-state index in [1.165, 1.54) is 24.0 Å². The van der Waals surface area contributed by atoms with E-state index in [9.17, 15) is 14.5 Å². The van der Waals surface area contributed by atoms with E-state index in [2.05, 4.69) is 34.4 Å². The van der Waals surface area contributed by atoms with E-state index in [-0.39, 0.29) is 29.7 Å². The van der Waals surface area contributed by atoms with Gasteiger partial charge in [-0.05, 0) is 41.3 Å². The molecular weight excluding hydrogens is 361 g/mol. The summed E-state index contributed by atoms with van der Waals surface area (Å²) >= 11 is 0. The Morgan fingerprint density at radius 1 is 1.04 bits per heavy atom. The number of nitrogens with zero attached hydrogens (tertiary/aromatic N) is 3. The Kier molecular flexibility index (Phi) is 5.78. The van der Waals surface area contributed by atoms with Crippen molar-refractivity contribution in [1.82, 2.24) is 9.97 Å². The molecule has 0 radical (unpaired) electrons. The van der Waals surface area contributed by atoms with Gasteiger partial charge in [0.1, 0.15) is 12.1 Å². The summed E-state index contributed by atoms with van der Waals surface area (Å²) in [5.41, 5.74) is 2.38. The molecule has 7 nitrogen and oxygen atoms in total. The van der Waals surface area contributed by atoms with Crippen molar-refractivity contribution in [2.75, 3.05) is 10.6 Å². The Morgan fingerprint density at radius 2 is 1.68 bits per heavy atom. The van der Waals surface area contributed by atoms with Gasteiger partial charge in [0.25, 0.3) is 0 Å². The number of aromatic nitrogens is 2. The molecule has 0 saturated heterocycles. The van der Waals surface area contributed by atoms with Crippen molar-refractivity contribution in [1.29, 1.82) is 0 Å². The number of nitrogens with one attached hydrogen (secondary N) is 2. The lowest BCUT2D eigenvalue weighted by atomic mass is 10.0. The molecule has 2 N–H and O–H groups in total. The number of hydrogen-bond acceptors (Lipinski definition) is 6. The summed E-state index contributed by atoms with van der Waals surface area (Å²) in [5, 5.41) is 17.5. The van der Waals surface area contributed by atoms with Gasteiger partial charge in [-0.25, -0.2) is 14.4 Å². The molecule has 0 saturated carbocycles. The van der Waals surface area contributed by atoms with E-state index in [1.807, 2.05) is 24.3 Å². The lowest BCUT2D eigenvalue weighted by Gasteiger charge is -2.11. The zero-order valence-electron chi connectivity index (χ0n) is 15.5. The Labute approximate surface area is 161 Å². The fraction of sp³-hybridized carbons (Fsp3) is 0.200. The molecule has 0 aliphatic rings. The monoisotopic (exact) mass is 381 g/mol. The molecule has 0 bridgehead atoms. The lowest BCUT2D eigenvalue weighted by Crippen LogP contribution is -2.08. The van der Waals surface area contributed by atoms with Crippen molar-refractivity contribution in [3.05, 3.63) is 81.9 Å². The first-order valence-electron chi connectivity index (χ1n) is 8.78. The van der Waals surface area contributed by atoms with Gasteiger partial charge in [0, 0.05) is 12.2 Å². The van der Waals surface area contributed by atoms with Crippen LogP contribution in [0.5, 0.6) is 0 Å². The molecule has 1 heterocycles. The standard InChI is InChI=1S/C20H20FN5O2/c1-13(2)15-5-9-17(10-6-15)25-20-18(26(27)28)19(23-12-24-20)22-11-14-3-7-16(21)8-4-14/h3-10,12-13H,11H2,1-2H3,(H2,22,23,24,25). The van der Waals surface area contributed by atoms with E-state index in [0.29, 0.717) is 11.6 Å². The Balaban J connectivity index is 1.82. The topological polar surface area (TPSA) is 93.0 Å². The Morgan fingerprint density at radius 3 is 2.29 bits per heavy atom. The van der Waals surface area contributed by atoms with Crippen molar-refractivity contribution in [3.8, 4) is 0 Å². The molecule has 8 heteroatoms.